The Morgan fingerprint density at radius 1 is 1.03 bits per heavy atom. The number of benzene rings is 3. The fourth-order valence-electron chi connectivity index (χ4n) is 4.58. The van der Waals surface area contributed by atoms with Crippen molar-refractivity contribution in [1.82, 2.24) is 14.9 Å². The summed E-state index contributed by atoms with van der Waals surface area (Å²) in [4.78, 5) is 26.5. The quantitative estimate of drug-likeness (QED) is 0.302. The van der Waals surface area contributed by atoms with Crippen LogP contribution in [-0.4, -0.2) is 40.6 Å². The van der Waals surface area contributed by atoms with Crippen LogP contribution in [0.1, 0.15) is 29.0 Å². The van der Waals surface area contributed by atoms with E-state index >= 15 is 0 Å². The van der Waals surface area contributed by atoms with Crippen molar-refractivity contribution in [3.8, 4) is 0 Å². The van der Waals surface area contributed by atoms with Gasteiger partial charge in [-0.1, -0.05) is 78.3 Å². The molecule has 2 heterocycles. The SMILES string of the molecule is O=C(CN1CC(c2ccccc2)CC1=O)N/N=C/c1cn(Cc2ccccc2Cl)c2ccccc12. The summed E-state index contributed by atoms with van der Waals surface area (Å²) in [5, 5.41) is 5.92. The summed E-state index contributed by atoms with van der Waals surface area (Å²) in [7, 11) is 0. The zero-order chi connectivity index (χ0) is 24.2. The minimum Gasteiger partial charge on any atom is -0.342 e. The Hall–Kier alpha value is -3.90. The maximum absolute atomic E-state index is 12.5. The summed E-state index contributed by atoms with van der Waals surface area (Å²) >= 11 is 6.36. The van der Waals surface area contributed by atoms with Gasteiger partial charge in [0.2, 0.25) is 5.91 Å². The molecule has 3 aromatic carbocycles. The van der Waals surface area contributed by atoms with E-state index in [0.717, 1.165) is 32.6 Å². The maximum atomic E-state index is 12.5. The molecule has 2 amide bonds. The number of nitrogens with zero attached hydrogens (tertiary/aromatic N) is 3. The smallest absolute Gasteiger partial charge is 0.259 e. The van der Waals surface area contributed by atoms with Crippen LogP contribution in [0, 0.1) is 0 Å². The van der Waals surface area contributed by atoms with Gasteiger partial charge in [-0.15, -0.1) is 0 Å². The van der Waals surface area contributed by atoms with E-state index in [0.29, 0.717) is 19.5 Å². The molecular formula is C28H25ClN4O2. The highest BCUT2D eigenvalue weighted by Crippen LogP contribution is 2.27. The summed E-state index contributed by atoms with van der Waals surface area (Å²) in [6.45, 7) is 1.16. The van der Waals surface area contributed by atoms with Crippen LogP contribution in [0.15, 0.2) is 90.2 Å². The lowest BCUT2D eigenvalue weighted by molar-refractivity contribution is -0.133. The van der Waals surface area contributed by atoms with Crippen molar-refractivity contribution >= 4 is 40.5 Å². The molecule has 1 fully saturated rings. The normalized spacial score (nSPS) is 15.9. The summed E-state index contributed by atoms with van der Waals surface area (Å²) in [5.41, 5.74) is 6.65. The molecule has 1 saturated heterocycles. The van der Waals surface area contributed by atoms with Crippen molar-refractivity contribution in [2.45, 2.75) is 18.9 Å². The second-order valence-corrected chi connectivity index (χ2v) is 9.11. The molecule has 7 heteroatoms. The average molecular weight is 485 g/mol. The van der Waals surface area contributed by atoms with Crippen LogP contribution >= 0.6 is 11.6 Å². The zero-order valence-corrected chi connectivity index (χ0v) is 19.9. The van der Waals surface area contributed by atoms with Crippen LogP contribution in [0.4, 0.5) is 0 Å². The number of aromatic nitrogens is 1. The van der Waals surface area contributed by atoms with Crippen LogP contribution in [-0.2, 0) is 16.1 Å². The Morgan fingerprint density at radius 2 is 1.77 bits per heavy atom. The topological polar surface area (TPSA) is 66.7 Å². The number of carbonyl (C=O) groups excluding carboxylic acids is 2. The van der Waals surface area contributed by atoms with E-state index in [9.17, 15) is 9.59 Å². The maximum Gasteiger partial charge on any atom is 0.259 e. The van der Waals surface area contributed by atoms with Gasteiger partial charge in [-0.05, 0) is 23.3 Å². The first-order chi connectivity index (χ1) is 17.1. The van der Waals surface area contributed by atoms with Crippen molar-refractivity contribution in [3.63, 3.8) is 0 Å². The number of halogens is 1. The Kier molecular flexibility index (Phi) is 6.64. The third-order valence-corrected chi connectivity index (χ3v) is 6.70. The summed E-state index contributed by atoms with van der Waals surface area (Å²) < 4.78 is 2.12. The highest BCUT2D eigenvalue weighted by atomic mass is 35.5. The molecule has 0 bridgehead atoms. The monoisotopic (exact) mass is 484 g/mol. The van der Waals surface area contributed by atoms with E-state index in [1.807, 2.05) is 85.1 Å². The van der Waals surface area contributed by atoms with Gasteiger partial charge in [0.15, 0.2) is 0 Å². The second kappa shape index (κ2) is 10.2. The van der Waals surface area contributed by atoms with Crippen molar-refractivity contribution in [2.24, 2.45) is 5.10 Å². The fraction of sp³-hybridized carbons (Fsp3) is 0.179. The Labute approximate surface area is 208 Å². The third-order valence-electron chi connectivity index (χ3n) is 6.33. The van der Waals surface area contributed by atoms with Crippen molar-refractivity contribution in [1.29, 1.82) is 0 Å². The van der Waals surface area contributed by atoms with E-state index < -0.39 is 0 Å². The highest BCUT2D eigenvalue weighted by molar-refractivity contribution is 6.31. The lowest BCUT2D eigenvalue weighted by Gasteiger charge is -2.15. The summed E-state index contributed by atoms with van der Waals surface area (Å²) in [5.74, 6) is -0.215. The number of fused-ring (bicyclic) bond motifs is 1. The van der Waals surface area contributed by atoms with E-state index in [1.165, 1.54) is 0 Å². The number of hydrogen-bond acceptors (Lipinski definition) is 3. The molecule has 35 heavy (non-hydrogen) atoms. The van der Waals surface area contributed by atoms with Crippen LogP contribution < -0.4 is 5.43 Å². The van der Waals surface area contributed by atoms with Gasteiger partial charge in [0.1, 0.15) is 6.54 Å². The Morgan fingerprint density at radius 3 is 2.60 bits per heavy atom. The molecule has 1 aliphatic rings. The minimum atomic E-state index is -0.317. The van der Waals surface area contributed by atoms with E-state index in [1.54, 1.807) is 11.1 Å². The van der Waals surface area contributed by atoms with Crippen LogP contribution in [0.3, 0.4) is 0 Å². The molecule has 0 spiro atoms. The van der Waals surface area contributed by atoms with E-state index in [4.69, 9.17) is 11.6 Å². The lowest BCUT2D eigenvalue weighted by atomic mass is 9.99. The average Bonchev–Trinajstić information content (AvgIpc) is 3.41. The second-order valence-electron chi connectivity index (χ2n) is 8.70. The molecule has 6 nitrogen and oxygen atoms in total. The van der Waals surface area contributed by atoms with Gasteiger partial charge < -0.3 is 9.47 Å². The molecule has 0 saturated carbocycles. The van der Waals surface area contributed by atoms with E-state index in [2.05, 4.69) is 15.1 Å². The third kappa shape index (κ3) is 5.12. The minimum absolute atomic E-state index is 0.00618. The molecule has 1 atom stereocenters. The van der Waals surface area contributed by atoms with Crippen molar-refractivity contribution in [2.75, 3.05) is 13.1 Å². The van der Waals surface area contributed by atoms with Gasteiger partial charge in [0.05, 0.1) is 6.21 Å². The number of likely N-dealkylation sites (tertiary alicyclic amines) is 1. The molecule has 4 aromatic rings. The fourth-order valence-corrected chi connectivity index (χ4v) is 4.77. The first-order valence-electron chi connectivity index (χ1n) is 11.5. The number of nitrogens with one attached hydrogen (secondary N) is 1. The van der Waals surface area contributed by atoms with Crippen LogP contribution in [0.2, 0.25) is 5.02 Å². The molecular weight excluding hydrogens is 460 g/mol. The van der Waals surface area contributed by atoms with Crippen molar-refractivity contribution < 1.29 is 9.59 Å². The first-order valence-corrected chi connectivity index (χ1v) is 11.9. The van der Waals surface area contributed by atoms with Gasteiger partial charge in [0, 0.05) is 53.1 Å². The van der Waals surface area contributed by atoms with Crippen LogP contribution in [0.25, 0.3) is 10.9 Å². The Bertz CT molecular complexity index is 1400. The predicted octanol–water partition coefficient (Wildman–Crippen LogP) is 4.81. The van der Waals surface area contributed by atoms with Crippen LogP contribution in [0.5, 0.6) is 0 Å². The standard InChI is InChI=1S/C28H25ClN4O2/c29-25-12-6-4-10-21(25)16-32-18-23(24-11-5-7-13-26(24)32)15-30-31-27(34)19-33-17-22(14-28(33)35)20-8-2-1-3-9-20/h1-13,15,18,22H,14,16-17,19H2,(H,31,34)/b30-15+. The van der Waals surface area contributed by atoms with Gasteiger partial charge >= 0.3 is 0 Å². The first kappa shape index (κ1) is 22.9. The molecule has 0 aliphatic carbocycles. The highest BCUT2D eigenvalue weighted by Gasteiger charge is 2.31. The molecule has 1 unspecified atom stereocenters. The molecule has 1 N–H and O–H groups in total. The number of amides is 2. The summed E-state index contributed by atoms with van der Waals surface area (Å²) in [6.07, 6.45) is 4.06. The number of hydrazone groups is 1. The molecule has 5 rings (SSSR count). The van der Waals surface area contributed by atoms with Gasteiger partial charge in [-0.2, -0.15) is 5.10 Å². The molecule has 176 valence electrons. The van der Waals surface area contributed by atoms with Gasteiger partial charge in [-0.25, -0.2) is 5.43 Å². The molecule has 0 radical (unpaired) electrons. The number of carbonyl (C=O) groups is 2. The number of rotatable bonds is 7. The number of para-hydroxylation sites is 1. The summed E-state index contributed by atoms with van der Waals surface area (Å²) in [6, 6.07) is 25.7. The van der Waals surface area contributed by atoms with Gasteiger partial charge in [-0.3, -0.25) is 9.59 Å². The number of hydrogen-bond donors (Lipinski definition) is 1. The molecule has 1 aromatic heterocycles. The zero-order valence-electron chi connectivity index (χ0n) is 19.1. The van der Waals surface area contributed by atoms with Gasteiger partial charge in [0.25, 0.3) is 5.91 Å². The van der Waals surface area contributed by atoms with E-state index in [-0.39, 0.29) is 24.3 Å². The predicted molar refractivity (Wildman–Crippen MR) is 139 cm³/mol. The van der Waals surface area contributed by atoms with Crippen molar-refractivity contribution in [3.05, 3.63) is 107 Å². The molecule has 1 aliphatic heterocycles. The largest absolute Gasteiger partial charge is 0.342 e. The Balaban J connectivity index is 1.24. The lowest BCUT2D eigenvalue weighted by Crippen LogP contribution is -2.36.